The molecule has 0 bridgehead atoms. The summed E-state index contributed by atoms with van der Waals surface area (Å²) in [5, 5.41) is 4.04. The van der Waals surface area contributed by atoms with E-state index in [4.69, 9.17) is 23.2 Å². The molecule has 1 N–H and O–H groups in total. The van der Waals surface area contributed by atoms with E-state index in [-0.39, 0.29) is 11.9 Å². The molecule has 0 radical (unpaired) electrons. The lowest BCUT2D eigenvalue weighted by Gasteiger charge is -2.32. The fraction of sp³-hybridized carbons (Fsp3) is 0.533. The number of carbonyl (C=O) groups excluding carboxylic acids is 1. The summed E-state index contributed by atoms with van der Waals surface area (Å²) >= 11 is 11.8. The Morgan fingerprint density at radius 1 is 1.25 bits per heavy atom. The summed E-state index contributed by atoms with van der Waals surface area (Å²) in [6.07, 6.45) is 3.18. The minimum Gasteiger partial charge on any atom is -0.349 e. The smallest absolute Gasteiger partial charge is 0.251 e. The Labute approximate surface area is 130 Å². The molecule has 0 atom stereocenters. The second-order valence-electron chi connectivity index (χ2n) is 5.25. The van der Waals surface area contributed by atoms with Gasteiger partial charge in [-0.25, -0.2) is 0 Å². The molecule has 3 nitrogen and oxygen atoms in total. The van der Waals surface area contributed by atoms with E-state index in [2.05, 4.69) is 17.1 Å². The molecule has 110 valence electrons. The first-order valence-corrected chi connectivity index (χ1v) is 7.83. The number of amides is 1. The molecule has 5 heteroatoms. The second kappa shape index (κ2) is 7.30. The van der Waals surface area contributed by atoms with Gasteiger partial charge < -0.3 is 10.2 Å². The van der Waals surface area contributed by atoms with E-state index in [0.29, 0.717) is 15.6 Å². The van der Waals surface area contributed by atoms with Gasteiger partial charge in [0.1, 0.15) is 0 Å². The Balaban J connectivity index is 1.89. The van der Waals surface area contributed by atoms with Gasteiger partial charge in [0, 0.05) is 34.7 Å². The molecular formula is C15H20Cl2N2O. The van der Waals surface area contributed by atoms with Gasteiger partial charge in [-0.1, -0.05) is 30.1 Å². The van der Waals surface area contributed by atoms with E-state index in [9.17, 15) is 4.79 Å². The second-order valence-corrected chi connectivity index (χ2v) is 6.12. The van der Waals surface area contributed by atoms with E-state index >= 15 is 0 Å². The van der Waals surface area contributed by atoms with E-state index in [1.165, 1.54) is 6.42 Å². The van der Waals surface area contributed by atoms with Crippen molar-refractivity contribution >= 4 is 29.1 Å². The molecular weight excluding hydrogens is 295 g/mol. The van der Waals surface area contributed by atoms with Crippen molar-refractivity contribution in [3.8, 4) is 0 Å². The van der Waals surface area contributed by atoms with Crippen LogP contribution in [0.1, 0.15) is 36.5 Å². The van der Waals surface area contributed by atoms with Gasteiger partial charge >= 0.3 is 0 Å². The number of rotatable bonds is 4. The Morgan fingerprint density at radius 3 is 2.40 bits per heavy atom. The minimum absolute atomic E-state index is 0.0941. The highest BCUT2D eigenvalue weighted by atomic mass is 35.5. The topological polar surface area (TPSA) is 32.3 Å². The molecule has 2 rings (SSSR count). The largest absolute Gasteiger partial charge is 0.349 e. The molecule has 1 saturated heterocycles. The third kappa shape index (κ3) is 4.37. The molecule has 20 heavy (non-hydrogen) atoms. The Morgan fingerprint density at radius 2 is 1.85 bits per heavy atom. The molecule has 0 unspecified atom stereocenters. The number of carbonyl (C=O) groups is 1. The molecule has 0 aliphatic carbocycles. The highest BCUT2D eigenvalue weighted by Gasteiger charge is 2.20. The van der Waals surface area contributed by atoms with Gasteiger partial charge in [0.2, 0.25) is 0 Å². The average molecular weight is 315 g/mol. The van der Waals surface area contributed by atoms with Crippen molar-refractivity contribution in [3.05, 3.63) is 33.8 Å². The third-order valence-electron chi connectivity index (χ3n) is 3.59. The monoisotopic (exact) mass is 314 g/mol. The van der Waals surface area contributed by atoms with Crippen LogP contribution in [-0.4, -0.2) is 36.5 Å². The van der Waals surface area contributed by atoms with E-state index in [1.807, 2.05) is 0 Å². The summed E-state index contributed by atoms with van der Waals surface area (Å²) in [4.78, 5) is 14.6. The summed E-state index contributed by atoms with van der Waals surface area (Å²) in [7, 11) is 0. The van der Waals surface area contributed by atoms with E-state index < -0.39 is 0 Å². The van der Waals surface area contributed by atoms with Crippen molar-refractivity contribution in [1.29, 1.82) is 0 Å². The van der Waals surface area contributed by atoms with Crippen LogP contribution in [-0.2, 0) is 0 Å². The zero-order valence-corrected chi connectivity index (χ0v) is 13.2. The van der Waals surface area contributed by atoms with Crippen LogP contribution in [0.15, 0.2) is 18.2 Å². The van der Waals surface area contributed by atoms with Gasteiger partial charge in [-0.2, -0.15) is 0 Å². The van der Waals surface area contributed by atoms with Crippen LogP contribution in [0.25, 0.3) is 0 Å². The normalized spacial score (nSPS) is 17.1. The molecule has 1 aliphatic heterocycles. The number of halogens is 2. The summed E-state index contributed by atoms with van der Waals surface area (Å²) in [5.74, 6) is -0.0941. The SMILES string of the molecule is CCCN1CCC(NC(=O)c2cc(Cl)cc(Cl)c2)CC1. The van der Waals surface area contributed by atoms with Crippen LogP contribution in [0.2, 0.25) is 10.0 Å². The molecule has 1 heterocycles. The van der Waals surface area contributed by atoms with E-state index in [1.54, 1.807) is 18.2 Å². The molecule has 1 aliphatic rings. The Kier molecular flexibility index (Phi) is 5.70. The number of hydrogen-bond donors (Lipinski definition) is 1. The zero-order chi connectivity index (χ0) is 14.5. The summed E-state index contributed by atoms with van der Waals surface area (Å²) in [5.41, 5.74) is 0.526. The zero-order valence-electron chi connectivity index (χ0n) is 11.7. The van der Waals surface area contributed by atoms with Gasteiger partial charge in [-0.3, -0.25) is 4.79 Å². The third-order valence-corrected chi connectivity index (χ3v) is 4.02. The Bertz CT molecular complexity index is 451. The first-order chi connectivity index (χ1) is 9.58. The molecule has 1 fully saturated rings. The van der Waals surface area contributed by atoms with Crippen molar-refractivity contribution in [2.45, 2.75) is 32.2 Å². The van der Waals surface area contributed by atoms with Crippen LogP contribution in [0.3, 0.4) is 0 Å². The molecule has 1 amide bonds. The molecule has 0 saturated carbocycles. The minimum atomic E-state index is -0.0941. The highest BCUT2D eigenvalue weighted by Crippen LogP contribution is 2.19. The average Bonchev–Trinajstić information content (AvgIpc) is 2.40. The van der Waals surface area contributed by atoms with Crippen molar-refractivity contribution in [1.82, 2.24) is 10.2 Å². The number of nitrogens with one attached hydrogen (secondary N) is 1. The molecule has 1 aromatic carbocycles. The molecule has 0 spiro atoms. The van der Waals surface area contributed by atoms with Crippen molar-refractivity contribution in [2.75, 3.05) is 19.6 Å². The fourth-order valence-electron chi connectivity index (χ4n) is 2.57. The van der Waals surface area contributed by atoms with Gasteiger partial charge in [-0.15, -0.1) is 0 Å². The summed E-state index contributed by atoms with van der Waals surface area (Å²) in [6.45, 7) is 5.44. The summed E-state index contributed by atoms with van der Waals surface area (Å²) in [6, 6.07) is 5.17. The quantitative estimate of drug-likeness (QED) is 0.921. The van der Waals surface area contributed by atoms with Crippen LogP contribution in [0, 0.1) is 0 Å². The first-order valence-electron chi connectivity index (χ1n) is 7.08. The van der Waals surface area contributed by atoms with Gasteiger partial charge in [-0.05, 0) is 44.0 Å². The number of nitrogens with zero attached hydrogens (tertiary/aromatic N) is 1. The van der Waals surface area contributed by atoms with E-state index in [0.717, 1.165) is 32.5 Å². The van der Waals surface area contributed by atoms with Crippen LogP contribution in [0.5, 0.6) is 0 Å². The first kappa shape index (κ1) is 15.6. The highest BCUT2D eigenvalue weighted by molar-refractivity contribution is 6.35. The maximum absolute atomic E-state index is 12.2. The van der Waals surface area contributed by atoms with Crippen LogP contribution < -0.4 is 5.32 Å². The van der Waals surface area contributed by atoms with Gasteiger partial charge in [0.05, 0.1) is 0 Å². The predicted molar refractivity (Wildman–Crippen MR) is 83.7 cm³/mol. The summed E-state index contributed by atoms with van der Waals surface area (Å²) < 4.78 is 0. The lowest BCUT2D eigenvalue weighted by Crippen LogP contribution is -2.44. The predicted octanol–water partition coefficient (Wildman–Crippen LogP) is 3.60. The van der Waals surface area contributed by atoms with Crippen molar-refractivity contribution in [3.63, 3.8) is 0 Å². The van der Waals surface area contributed by atoms with Gasteiger partial charge in [0.15, 0.2) is 0 Å². The number of piperidine rings is 1. The molecule has 0 aromatic heterocycles. The van der Waals surface area contributed by atoms with Crippen LogP contribution in [0.4, 0.5) is 0 Å². The van der Waals surface area contributed by atoms with Crippen LogP contribution >= 0.6 is 23.2 Å². The number of likely N-dealkylation sites (tertiary alicyclic amines) is 1. The Hall–Kier alpha value is -0.770. The fourth-order valence-corrected chi connectivity index (χ4v) is 3.10. The maximum Gasteiger partial charge on any atom is 0.251 e. The van der Waals surface area contributed by atoms with Crippen molar-refractivity contribution in [2.24, 2.45) is 0 Å². The number of benzene rings is 1. The van der Waals surface area contributed by atoms with Gasteiger partial charge in [0.25, 0.3) is 5.91 Å². The maximum atomic E-state index is 12.2. The molecule has 1 aromatic rings. The standard InChI is InChI=1S/C15H20Cl2N2O/c1-2-5-19-6-3-14(4-7-19)18-15(20)11-8-12(16)10-13(17)9-11/h8-10,14H,2-7H2,1H3,(H,18,20). The number of hydrogen-bond acceptors (Lipinski definition) is 2. The lowest BCUT2D eigenvalue weighted by molar-refractivity contribution is 0.0911. The van der Waals surface area contributed by atoms with Crippen molar-refractivity contribution < 1.29 is 4.79 Å². The lowest BCUT2D eigenvalue weighted by atomic mass is 10.0.